The maximum Gasteiger partial charge on any atom is 0.122 e. The Hall–Kier alpha value is -0.910. The molecule has 2 N–H and O–H groups in total. The van der Waals surface area contributed by atoms with Crippen LogP contribution >= 0.6 is 0 Å². The van der Waals surface area contributed by atoms with E-state index < -0.39 is 0 Å². The van der Waals surface area contributed by atoms with Crippen LogP contribution in [0.1, 0.15) is 38.9 Å². The summed E-state index contributed by atoms with van der Waals surface area (Å²) >= 11 is 0. The fourth-order valence-corrected chi connectivity index (χ4v) is 2.92. The molecule has 0 saturated heterocycles. The van der Waals surface area contributed by atoms with E-state index in [1.54, 1.807) is 0 Å². The highest BCUT2D eigenvalue weighted by Crippen LogP contribution is 2.15. The number of nitrogens with zero attached hydrogens (tertiary/aromatic N) is 3. The van der Waals surface area contributed by atoms with E-state index in [1.807, 2.05) is 6.20 Å². The first-order chi connectivity index (χ1) is 9.67. The van der Waals surface area contributed by atoms with E-state index in [1.165, 1.54) is 12.2 Å². The van der Waals surface area contributed by atoms with Gasteiger partial charge in [0.05, 0.1) is 13.2 Å². The number of rotatable bonds is 8. The summed E-state index contributed by atoms with van der Waals surface area (Å²) in [5, 5.41) is 12.8. The van der Waals surface area contributed by atoms with Gasteiger partial charge >= 0.3 is 0 Å². The van der Waals surface area contributed by atoms with E-state index in [2.05, 4.69) is 39.8 Å². The molecular formula is C15H28N4O. The summed E-state index contributed by atoms with van der Waals surface area (Å²) in [6.45, 7) is 9.58. The molecule has 1 aliphatic rings. The second-order valence-corrected chi connectivity index (χ2v) is 6.02. The first kappa shape index (κ1) is 15.5. The molecule has 1 aromatic heterocycles. The summed E-state index contributed by atoms with van der Waals surface area (Å²) in [6.07, 6.45) is 7.31. The highest BCUT2D eigenvalue weighted by atomic mass is 16.3. The number of aromatic nitrogens is 2. The number of unbranched alkanes of at least 4 members (excludes halogenated alkanes) is 1. The zero-order valence-electron chi connectivity index (χ0n) is 12.8. The van der Waals surface area contributed by atoms with Crippen molar-refractivity contribution in [3.8, 4) is 0 Å². The summed E-state index contributed by atoms with van der Waals surface area (Å²) in [5.74, 6) is 1.18. The van der Waals surface area contributed by atoms with Crippen molar-refractivity contribution < 1.29 is 5.11 Å². The Morgan fingerprint density at radius 3 is 3.00 bits per heavy atom. The van der Waals surface area contributed by atoms with E-state index in [-0.39, 0.29) is 12.1 Å². The maximum atomic E-state index is 9.47. The Morgan fingerprint density at radius 1 is 1.40 bits per heavy atom. The molecule has 2 rings (SSSR count). The predicted octanol–water partition coefficient (Wildman–Crippen LogP) is 1.23. The molecule has 0 saturated carbocycles. The molecule has 0 spiro atoms. The van der Waals surface area contributed by atoms with E-state index in [0.717, 1.165) is 45.6 Å². The Kier molecular flexibility index (Phi) is 5.57. The SMILES string of the molecule is CCNC(C)(CO)CCCCN1CCn2ccnc2C1. The maximum absolute atomic E-state index is 9.47. The third-order valence-electron chi connectivity index (χ3n) is 4.23. The molecule has 5 nitrogen and oxygen atoms in total. The first-order valence-corrected chi connectivity index (χ1v) is 7.75. The third-order valence-corrected chi connectivity index (χ3v) is 4.23. The largest absolute Gasteiger partial charge is 0.394 e. The van der Waals surface area contributed by atoms with Crippen LogP contribution in [0.3, 0.4) is 0 Å². The highest BCUT2D eigenvalue weighted by Gasteiger charge is 2.21. The van der Waals surface area contributed by atoms with E-state index in [0.29, 0.717) is 0 Å². The average Bonchev–Trinajstić information content (AvgIpc) is 2.91. The van der Waals surface area contributed by atoms with Gasteiger partial charge in [0.2, 0.25) is 0 Å². The number of imidazole rings is 1. The van der Waals surface area contributed by atoms with E-state index in [9.17, 15) is 5.11 Å². The van der Waals surface area contributed by atoms with Crippen LogP contribution in [0, 0.1) is 0 Å². The smallest absolute Gasteiger partial charge is 0.122 e. The van der Waals surface area contributed by atoms with Crippen LogP contribution in [-0.4, -0.2) is 51.3 Å². The van der Waals surface area contributed by atoms with Crippen molar-refractivity contribution >= 4 is 0 Å². The number of likely N-dealkylation sites (N-methyl/N-ethyl adjacent to an activating group) is 1. The molecule has 1 aliphatic heterocycles. The van der Waals surface area contributed by atoms with Crippen LogP contribution in [-0.2, 0) is 13.1 Å². The van der Waals surface area contributed by atoms with Gasteiger partial charge in [-0.1, -0.05) is 13.3 Å². The van der Waals surface area contributed by atoms with Crippen molar-refractivity contribution in [1.29, 1.82) is 0 Å². The molecule has 0 aromatic carbocycles. The number of hydrogen-bond acceptors (Lipinski definition) is 4. The molecular weight excluding hydrogens is 252 g/mol. The summed E-state index contributed by atoms with van der Waals surface area (Å²) in [6, 6.07) is 0. The Labute approximate surface area is 122 Å². The quantitative estimate of drug-likeness (QED) is 0.703. The lowest BCUT2D eigenvalue weighted by Crippen LogP contribution is -2.45. The second-order valence-electron chi connectivity index (χ2n) is 6.02. The first-order valence-electron chi connectivity index (χ1n) is 7.75. The molecule has 0 fully saturated rings. The van der Waals surface area contributed by atoms with Crippen LogP contribution in [0.2, 0.25) is 0 Å². The summed E-state index contributed by atoms with van der Waals surface area (Å²) < 4.78 is 2.24. The lowest BCUT2D eigenvalue weighted by atomic mass is 9.95. The summed E-state index contributed by atoms with van der Waals surface area (Å²) in [4.78, 5) is 6.87. The zero-order chi connectivity index (χ0) is 14.4. The van der Waals surface area contributed by atoms with Crippen molar-refractivity contribution in [3.63, 3.8) is 0 Å². The number of aliphatic hydroxyl groups is 1. The van der Waals surface area contributed by atoms with Crippen molar-refractivity contribution in [1.82, 2.24) is 19.8 Å². The van der Waals surface area contributed by atoms with Crippen molar-refractivity contribution in [2.75, 3.05) is 26.2 Å². The topological polar surface area (TPSA) is 53.3 Å². The van der Waals surface area contributed by atoms with Crippen LogP contribution in [0.25, 0.3) is 0 Å². The Balaban J connectivity index is 1.67. The monoisotopic (exact) mass is 280 g/mol. The summed E-state index contributed by atoms with van der Waals surface area (Å²) in [5.41, 5.74) is -0.118. The Morgan fingerprint density at radius 2 is 2.25 bits per heavy atom. The minimum atomic E-state index is -0.118. The van der Waals surface area contributed by atoms with Crippen LogP contribution < -0.4 is 5.32 Å². The van der Waals surface area contributed by atoms with Gasteiger partial charge in [0.1, 0.15) is 5.82 Å². The van der Waals surface area contributed by atoms with Gasteiger partial charge in [-0.2, -0.15) is 0 Å². The van der Waals surface area contributed by atoms with Gasteiger partial charge < -0.3 is 15.0 Å². The standard InChI is InChI=1S/C15H28N4O/c1-3-17-15(2,13-20)6-4-5-8-18-10-11-19-9-7-16-14(19)12-18/h7,9,17,20H,3-6,8,10-13H2,1-2H3. The van der Waals surface area contributed by atoms with Crippen molar-refractivity contribution in [2.45, 2.75) is 51.7 Å². The van der Waals surface area contributed by atoms with E-state index in [4.69, 9.17) is 0 Å². The number of aliphatic hydroxyl groups excluding tert-OH is 1. The van der Waals surface area contributed by atoms with Gasteiger partial charge in [-0.25, -0.2) is 4.98 Å². The Bertz CT molecular complexity index is 406. The van der Waals surface area contributed by atoms with Gasteiger partial charge in [0, 0.05) is 31.0 Å². The van der Waals surface area contributed by atoms with E-state index >= 15 is 0 Å². The fourth-order valence-electron chi connectivity index (χ4n) is 2.92. The fraction of sp³-hybridized carbons (Fsp3) is 0.800. The molecule has 0 bridgehead atoms. The zero-order valence-corrected chi connectivity index (χ0v) is 12.8. The van der Waals surface area contributed by atoms with Gasteiger partial charge in [-0.3, -0.25) is 4.90 Å². The van der Waals surface area contributed by atoms with Gasteiger partial charge in [0.15, 0.2) is 0 Å². The molecule has 2 heterocycles. The lowest BCUT2D eigenvalue weighted by Gasteiger charge is -2.30. The highest BCUT2D eigenvalue weighted by molar-refractivity contribution is 4.95. The third kappa shape index (κ3) is 4.04. The summed E-state index contributed by atoms with van der Waals surface area (Å²) in [7, 11) is 0. The molecule has 0 amide bonds. The van der Waals surface area contributed by atoms with Gasteiger partial charge in [-0.05, 0) is 32.9 Å². The number of fused-ring (bicyclic) bond motifs is 1. The molecule has 1 aromatic rings. The number of hydrogen-bond donors (Lipinski definition) is 2. The molecule has 1 atom stereocenters. The molecule has 114 valence electrons. The van der Waals surface area contributed by atoms with Crippen LogP contribution in [0.15, 0.2) is 12.4 Å². The molecule has 20 heavy (non-hydrogen) atoms. The van der Waals surface area contributed by atoms with Crippen molar-refractivity contribution in [3.05, 3.63) is 18.2 Å². The van der Waals surface area contributed by atoms with Gasteiger partial charge in [0.25, 0.3) is 0 Å². The molecule has 0 aliphatic carbocycles. The molecule has 5 heteroatoms. The number of nitrogens with one attached hydrogen (secondary N) is 1. The van der Waals surface area contributed by atoms with Gasteiger partial charge in [-0.15, -0.1) is 0 Å². The normalized spacial score (nSPS) is 18.8. The van der Waals surface area contributed by atoms with Crippen molar-refractivity contribution in [2.24, 2.45) is 0 Å². The van der Waals surface area contributed by atoms with Crippen LogP contribution in [0.5, 0.6) is 0 Å². The average molecular weight is 280 g/mol. The second kappa shape index (κ2) is 7.20. The lowest BCUT2D eigenvalue weighted by molar-refractivity contribution is 0.160. The minimum Gasteiger partial charge on any atom is -0.394 e. The van der Waals surface area contributed by atoms with Crippen LogP contribution in [0.4, 0.5) is 0 Å². The minimum absolute atomic E-state index is 0.118. The predicted molar refractivity (Wildman–Crippen MR) is 80.5 cm³/mol. The molecule has 1 unspecified atom stereocenters. The molecule has 0 radical (unpaired) electrons.